The molecule has 56 valence electrons. The third kappa shape index (κ3) is 1.44. The Hall–Kier alpha value is -1.63. The molecule has 0 unspecified atom stereocenters. The van der Waals surface area contributed by atoms with Gasteiger partial charge < -0.3 is 4.74 Å². The van der Waals surface area contributed by atoms with Crippen molar-refractivity contribution in [2.75, 3.05) is 7.11 Å². The molecule has 0 aliphatic carbocycles. The predicted octanol–water partition coefficient (Wildman–Crippen LogP) is 0.665. The molecule has 0 bridgehead atoms. The highest BCUT2D eigenvalue weighted by Gasteiger charge is 2.00. The van der Waals surface area contributed by atoms with E-state index in [1.165, 1.54) is 13.3 Å². The fourth-order valence-corrected chi connectivity index (χ4v) is 0.710. The van der Waals surface area contributed by atoms with Crippen LogP contribution in [-0.2, 0) is 0 Å². The van der Waals surface area contributed by atoms with Gasteiger partial charge >= 0.3 is 0 Å². The van der Waals surface area contributed by atoms with Gasteiger partial charge in [0.1, 0.15) is 6.07 Å². The zero-order valence-corrected chi connectivity index (χ0v) is 6.33. The maximum Gasteiger partial charge on any atom is 0.232 e. The van der Waals surface area contributed by atoms with Crippen molar-refractivity contribution in [1.29, 1.82) is 5.26 Å². The highest BCUT2D eigenvalue weighted by molar-refractivity contribution is 5.25. The van der Waals surface area contributed by atoms with Crippen LogP contribution in [0.3, 0.4) is 0 Å². The summed E-state index contributed by atoms with van der Waals surface area (Å²) in [5.41, 5.74) is 0.680. The smallest absolute Gasteiger partial charge is 0.232 e. The molecule has 0 N–H and O–H groups in total. The Kier molecular flexibility index (Phi) is 2.02. The number of methoxy groups -OCH3 is 1. The van der Waals surface area contributed by atoms with Crippen molar-refractivity contribution in [2.45, 2.75) is 6.92 Å². The predicted molar refractivity (Wildman–Crippen MR) is 38.0 cm³/mol. The van der Waals surface area contributed by atoms with E-state index in [1.54, 1.807) is 6.92 Å². The lowest BCUT2D eigenvalue weighted by molar-refractivity contribution is 0.406. The average Bonchev–Trinajstić information content (AvgIpc) is 2.04. The Morgan fingerprint density at radius 2 is 2.36 bits per heavy atom. The van der Waals surface area contributed by atoms with E-state index in [1.807, 2.05) is 6.07 Å². The summed E-state index contributed by atoms with van der Waals surface area (Å²) in [6.45, 7) is 1.77. The van der Waals surface area contributed by atoms with E-state index < -0.39 is 0 Å². The third-order valence-corrected chi connectivity index (χ3v) is 1.25. The van der Waals surface area contributed by atoms with Gasteiger partial charge in [-0.25, -0.2) is 9.97 Å². The van der Waals surface area contributed by atoms with Crippen LogP contribution in [0.25, 0.3) is 0 Å². The zero-order valence-electron chi connectivity index (χ0n) is 6.33. The Labute approximate surface area is 64.5 Å². The normalized spacial score (nSPS) is 8.82. The van der Waals surface area contributed by atoms with Crippen LogP contribution in [0.2, 0.25) is 0 Å². The van der Waals surface area contributed by atoms with Gasteiger partial charge in [0, 0.05) is 0 Å². The van der Waals surface area contributed by atoms with Crippen molar-refractivity contribution in [3.63, 3.8) is 0 Å². The molecule has 0 amide bonds. The summed E-state index contributed by atoms with van der Waals surface area (Å²) in [5, 5.41) is 8.41. The molecule has 11 heavy (non-hydrogen) atoms. The van der Waals surface area contributed by atoms with Gasteiger partial charge in [-0.15, -0.1) is 0 Å². The molecule has 0 fully saturated rings. The molecule has 0 radical (unpaired) electrons. The molecular formula is C7H7N3O. The lowest BCUT2D eigenvalue weighted by atomic mass is 10.4. The van der Waals surface area contributed by atoms with Crippen LogP contribution in [0.5, 0.6) is 5.75 Å². The SMILES string of the molecule is COc1cnc(C#N)nc1C. The maximum atomic E-state index is 8.41. The summed E-state index contributed by atoms with van der Waals surface area (Å²) >= 11 is 0. The Morgan fingerprint density at radius 3 is 2.82 bits per heavy atom. The second kappa shape index (κ2) is 2.97. The van der Waals surface area contributed by atoms with Crippen molar-refractivity contribution < 1.29 is 4.74 Å². The maximum absolute atomic E-state index is 8.41. The summed E-state index contributed by atoms with van der Waals surface area (Å²) in [4.78, 5) is 7.60. The Morgan fingerprint density at radius 1 is 1.64 bits per heavy atom. The fourth-order valence-electron chi connectivity index (χ4n) is 0.710. The van der Waals surface area contributed by atoms with E-state index >= 15 is 0 Å². The molecule has 4 nitrogen and oxygen atoms in total. The average molecular weight is 149 g/mol. The van der Waals surface area contributed by atoms with Crippen molar-refractivity contribution in [3.05, 3.63) is 17.7 Å². The first-order chi connectivity index (χ1) is 5.27. The molecule has 0 saturated carbocycles. The highest BCUT2D eigenvalue weighted by atomic mass is 16.5. The fraction of sp³-hybridized carbons (Fsp3) is 0.286. The Balaban J connectivity index is 3.12. The van der Waals surface area contributed by atoms with Crippen molar-refractivity contribution >= 4 is 0 Å². The van der Waals surface area contributed by atoms with Gasteiger partial charge in [-0.1, -0.05) is 0 Å². The summed E-state index contributed by atoms with van der Waals surface area (Å²) in [6.07, 6.45) is 1.49. The van der Waals surface area contributed by atoms with E-state index in [-0.39, 0.29) is 5.82 Å². The Bertz CT molecular complexity index is 303. The molecule has 0 aromatic carbocycles. The number of hydrogen-bond acceptors (Lipinski definition) is 4. The first-order valence-corrected chi connectivity index (χ1v) is 3.05. The molecule has 1 rings (SSSR count). The number of nitrogens with zero attached hydrogens (tertiary/aromatic N) is 3. The molecular weight excluding hydrogens is 142 g/mol. The number of aromatic nitrogens is 2. The number of rotatable bonds is 1. The second-order valence-corrected chi connectivity index (χ2v) is 1.96. The number of aryl methyl sites for hydroxylation is 1. The van der Waals surface area contributed by atoms with Crippen LogP contribution in [0.1, 0.15) is 11.5 Å². The summed E-state index contributed by atoms with van der Waals surface area (Å²) in [5.74, 6) is 0.771. The molecule has 0 spiro atoms. The molecule has 4 heteroatoms. The molecule has 1 heterocycles. The summed E-state index contributed by atoms with van der Waals surface area (Å²) in [7, 11) is 1.54. The molecule has 1 aromatic rings. The van der Waals surface area contributed by atoms with Gasteiger partial charge in [0.15, 0.2) is 5.75 Å². The van der Waals surface area contributed by atoms with Gasteiger partial charge in [-0.3, -0.25) is 0 Å². The van der Waals surface area contributed by atoms with Crippen molar-refractivity contribution in [2.24, 2.45) is 0 Å². The van der Waals surface area contributed by atoms with Crippen LogP contribution < -0.4 is 4.74 Å². The third-order valence-electron chi connectivity index (χ3n) is 1.25. The van der Waals surface area contributed by atoms with Gasteiger partial charge in [0.05, 0.1) is 19.0 Å². The minimum Gasteiger partial charge on any atom is -0.493 e. The molecule has 0 atom stereocenters. The summed E-state index contributed by atoms with van der Waals surface area (Å²) < 4.78 is 4.91. The standard InChI is InChI=1S/C7H7N3O/c1-5-6(11-2)4-9-7(3-8)10-5/h4H,1-2H3. The van der Waals surface area contributed by atoms with Crippen LogP contribution in [0, 0.1) is 18.3 Å². The van der Waals surface area contributed by atoms with E-state index in [9.17, 15) is 0 Å². The van der Waals surface area contributed by atoms with Gasteiger partial charge in [-0.2, -0.15) is 5.26 Å². The lowest BCUT2D eigenvalue weighted by Gasteiger charge is -2.00. The second-order valence-electron chi connectivity index (χ2n) is 1.96. The zero-order chi connectivity index (χ0) is 8.27. The quantitative estimate of drug-likeness (QED) is 0.588. The van der Waals surface area contributed by atoms with Gasteiger partial charge in [-0.05, 0) is 6.92 Å². The first-order valence-electron chi connectivity index (χ1n) is 3.05. The van der Waals surface area contributed by atoms with Crippen LogP contribution in [0.4, 0.5) is 0 Å². The molecule has 0 aliphatic heterocycles. The molecule has 0 saturated heterocycles. The van der Waals surface area contributed by atoms with E-state index in [0.717, 1.165) is 0 Å². The van der Waals surface area contributed by atoms with E-state index in [2.05, 4.69) is 9.97 Å². The minimum atomic E-state index is 0.170. The van der Waals surface area contributed by atoms with Gasteiger partial charge in [0.25, 0.3) is 0 Å². The van der Waals surface area contributed by atoms with Crippen LogP contribution in [-0.4, -0.2) is 17.1 Å². The topological polar surface area (TPSA) is 58.8 Å². The first kappa shape index (κ1) is 7.48. The van der Waals surface area contributed by atoms with Crippen molar-refractivity contribution in [1.82, 2.24) is 9.97 Å². The number of ether oxygens (including phenoxy) is 1. The van der Waals surface area contributed by atoms with Crippen molar-refractivity contribution in [3.8, 4) is 11.8 Å². The van der Waals surface area contributed by atoms with Crippen LogP contribution in [0.15, 0.2) is 6.20 Å². The highest BCUT2D eigenvalue weighted by Crippen LogP contribution is 2.11. The van der Waals surface area contributed by atoms with E-state index in [4.69, 9.17) is 10.00 Å². The summed E-state index contributed by atoms with van der Waals surface area (Å²) in [6, 6.07) is 1.84. The monoisotopic (exact) mass is 149 g/mol. The van der Waals surface area contributed by atoms with Crippen LogP contribution >= 0.6 is 0 Å². The van der Waals surface area contributed by atoms with Gasteiger partial charge in [0.2, 0.25) is 5.82 Å². The largest absolute Gasteiger partial charge is 0.493 e. The van der Waals surface area contributed by atoms with E-state index in [0.29, 0.717) is 11.4 Å². The minimum absolute atomic E-state index is 0.170. The lowest BCUT2D eigenvalue weighted by Crippen LogP contribution is -1.95. The molecule has 0 aliphatic rings. The molecule has 1 aromatic heterocycles. The number of hydrogen-bond donors (Lipinski definition) is 0. The number of nitriles is 1.